The maximum atomic E-state index is 12.8. The van der Waals surface area contributed by atoms with Gasteiger partial charge in [0.15, 0.2) is 0 Å². The number of benzene rings is 1. The van der Waals surface area contributed by atoms with Crippen molar-refractivity contribution in [1.82, 2.24) is 19.7 Å². The molecule has 0 spiro atoms. The molecule has 4 rings (SSSR count). The average molecular weight is 324 g/mol. The molecule has 1 saturated heterocycles. The molecule has 0 radical (unpaired) electrons. The number of hydrogen-bond acceptors (Lipinski definition) is 3. The highest BCUT2D eigenvalue weighted by Gasteiger charge is 2.40. The van der Waals surface area contributed by atoms with E-state index in [1.807, 2.05) is 13.0 Å². The molecule has 0 saturated carbocycles. The van der Waals surface area contributed by atoms with Gasteiger partial charge in [-0.3, -0.25) is 4.79 Å². The third-order valence-corrected chi connectivity index (χ3v) is 5.43. The molecule has 1 fully saturated rings. The minimum Gasteiger partial charge on any atom is -0.334 e. The molecule has 5 heteroatoms. The van der Waals surface area contributed by atoms with Gasteiger partial charge in [0, 0.05) is 25.4 Å². The molecule has 0 aliphatic carbocycles. The van der Waals surface area contributed by atoms with Gasteiger partial charge in [0.05, 0.1) is 6.04 Å². The minimum atomic E-state index is 0.309. The number of hydrogen-bond donors (Lipinski definition) is 0. The van der Waals surface area contributed by atoms with Crippen molar-refractivity contribution in [3.63, 3.8) is 0 Å². The first-order valence-corrected chi connectivity index (χ1v) is 8.96. The van der Waals surface area contributed by atoms with Crippen molar-refractivity contribution in [1.29, 1.82) is 0 Å². The van der Waals surface area contributed by atoms with Gasteiger partial charge < -0.3 is 9.47 Å². The summed E-state index contributed by atoms with van der Waals surface area (Å²) < 4.78 is 2.20. The second kappa shape index (κ2) is 6.38. The molecular weight excluding hydrogens is 300 g/mol. The third-order valence-electron chi connectivity index (χ3n) is 5.43. The van der Waals surface area contributed by atoms with E-state index in [9.17, 15) is 4.79 Å². The van der Waals surface area contributed by atoms with Gasteiger partial charge in [-0.25, -0.2) is 0 Å². The second-order valence-corrected chi connectivity index (χ2v) is 7.00. The van der Waals surface area contributed by atoms with Gasteiger partial charge >= 0.3 is 0 Å². The third kappa shape index (κ3) is 2.83. The first-order chi connectivity index (χ1) is 11.7. The van der Waals surface area contributed by atoms with E-state index in [0.29, 0.717) is 24.4 Å². The van der Waals surface area contributed by atoms with Crippen LogP contribution in [0.1, 0.15) is 42.9 Å². The molecular formula is C19H24N4O. The van der Waals surface area contributed by atoms with Crippen LogP contribution in [0.3, 0.4) is 0 Å². The monoisotopic (exact) mass is 324 g/mol. The Balaban J connectivity index is 1.40. The largest absolute Gasteiger partial charge is 0.334 e. The SMILES string of the molecule is Cc1nnc2n1C[C@H]1CC[C@@H](C2)N1C(=O)CCCc1ccccc1. The predicted molar refractivity (Wildman–Crippen MR) is 91.5 cm³/mol. The zero-order chi connectivity index (χ0) is 16.5. The van der Waals surface area contributed by atoms with Crippen LogP contribution < -0.4 is 0 Å². The molecule has 24 heavy (non-hydrogen) atoms. The lowest BCUT2D eigenvalue weighted by Crippen LogP contribution is -2.42. The fourth-order valence-electron chi connectivity index (χ4n) is 4.20. The quantitative estimate of drug-likeness (QED) is 0.868. The number of carbonyl (C=O) groups is 1. The van der Waals surface area contributed by atoms with Crippen LogP contribution in [0, 0.1) is 6.92 Å². The summed E-state index contributed by atoms with van der Waals surface area (Å²) in [4.78, 5) is 15.0. The molecule has 2 aliphatic rings. The molecule has 2 aromatic rings. The van der Waals surface area contributed by atoms with Crippen LogP contribution in [0.2, 0.25) is 0 Å². The Hall–Kier alpha value is -2.17. The van der Waals surface area contributed by atoms with Gasteiger partial charge in [-0.2, -0.15) is 0 Å². The average Bonchev–Trinajstić information content (AvgIpc) is 3.07. The Bertz CT molecular complexity index is 724. The van der Waals surface area contributed by atoms with Gasteiger partial charge in [0.25, 0.3) is 0 Å². The van der Waals surface area contributed by atoms with Crippen LogP contribution >= 0.6 is 0 Å². The van der Waals surface area contributed by atoms with E-state index in [1.165, 1.54) is 5.56 Å². The van der Waals surface area contributed by atoms with Crippen LogP contribution in [0.15, 0.2) is 30.3 Å². The fourth-order valence-corrected chi connectivity index (χ4v) is 4.20. The number of aromatic nitrogens is 3. The molecule has 2 aliphatic heterocycles. The molecule has 5 nitrogen and oxygen atoms in total. The smallest absolute Gasteiger partial charge is 0.223 e. The number of rotatable bonds is 4. The summed E-state index contributed by atoms with van der Waals surface area (Å²) in [6, 6.07) is 11.0. The van der Waals surface area contributed by atoms with Gasteiger partial charge in [-0.05, 0) is 38.2 Å². The summed E-state index contributed by atoms with van der Waals surface area (Å²) in [5, 5.41) is 8.50. The summed E-state index contributed by atoms with van der Waals surface area (Å²) in [5.41, 5.74) is 1.31. The van der Waals surface area contributed by atoms with Crippen molar-refractivity contribution in [3.05, 3.63) is 47.5 Å². The highest BCUT2D eigenvalue weighted by atomic mass is 16.2. The lowest BCUT2D eigenvalue weighted by molar-refractivity contribution is -0.134. The number of aryl methyl sites for hydroxylation is 2. The standard InChI is InChI=1S/C19H24N4O/c1-14-20-21-18-12-16-10-11-17(13-22(14)18)23(16)19(24)9-5-8-15-6-3-2-4-7-15/h2-4,6-7,16-17H,5,8-13H2,1H3/t16-,17+/m0/s1. The summed E-state index contributed by atoms with van der Waals surface area (Å²) >= 11 is 0. The lowest BCUT2D eigenvalue weighted by atomic mass is 10.1. The number of fused-ring (bicyclic) bond motifs is 3. The van der Waals surface area contributed by atoms with Crippen LogP contribution in [-0.4, -0.2) is 37.7 Å². The first kappa shape index (κ1) is 15.4. The first-order valence-electron chi connectivity index (χ1n) is 8.96. The zero-order valence-electron chi connectivity index (χ0n) is 14.2. The molecule has 1 amide bonds. The van der Waals surface area contributed by atoms with E-state index in [0.717, 1.165) is 50.3 Å². The van der Waals surface area contributed by atoms with E-state index in [2.05, 4.69) is 43.9 Å². The number of amides is 1. The molecule has 2 atom stereocenters. The molecule has 0 N–H and O–H groups in total. The van der Waals surface area contributed by atoms with E-state index in [1.54, 1.807) is 0 Å². The molecule has 3 heterocycles. The van der Waals surface area contributed by atoms with Gasteiger partial charge in [0.2, 0.25) is 5.91 Å². The van der Waals surface area contributed by atoms with E-state index >= 15 is 0 Å². The van der Waals surface area contributed by atoms with Gasteiger partial charge in [0.1, 0.15) is 11.6 Å². The van der Waals surface area contributed by atoms with Gasteiger partial charge in [-0.15, -0.1) is 10.2 Å². The Kier molecular flexibility index (Phi) is 4.08. The highest BCUT2D eigenvalue weighted by molar-refractivity contribution is 5.77. The highest BCUT2D eigenvalue weighted by Crippen LogP contribution is 2.32. The van der Waals surface area contributed by atoms with E-state index in [-0.39, 0.29) is 0 Å². The molecule has 1 aromatic carbocycles. The van der Waals surface area contributed by atoms with Crippen LogP contribution in [-0.2, 0) is 24.2 Å². The van der Waals surface area contributed by atoms with Crippen LogP contribution in [0.5, 0.6) is 0 Å². The Morgan fingerprint density at radius 2 is 1.96 bits per heavy atom. The zero-order valence-corrected chi connectivity index (χ0v) is 14.2. The summed E-state index contributed by atoms with van der Waals surface area (Å²) in [7, 11) is 0. The van der Waals surface area contributed by atoms with Crippen molar-refractivity contribution in [3.8, 4) is 0 Å². The normalized spacial score (nSPS) is 22.3. The molecule has 0 unspecified atom stereocenters. The van der Waals surface area contributed by atoms with Crippen molar-refractivity contribution >= 4 is 5.91 Å². The summed E-state index contributed by atoms with van der Waals surface area (Å²) in [5.74, 6) is 2.32. The Labute approximate surface area is 142 Å². The van der Waals surface area contributed by atoms with Crippen LogP contribution in [0.4, 0.5) is 0 Å². The number of nitrogens with zero attached hydrogens (tertiary/aromatic N) is 4. The van der Waals surface area contributed by atoms with Crippen molar-refractivity contribution < 1.29 is 4.79 Å². The van der Waals surface area contributed by atoms with Crippen molar-refractivity contribution in [2.75, 3.05) is 0 Å². The maximum Gasteiger partial charge on any atom is 0.223 e. The topological polar surface area (TPSA) is 51.0 Å². The van der Waals surface area contributed by atoms with Crippen molar-refractivity contribution in [2.45, 2.75) is 64.1 Å². The second-order valence-electron chi connectivity index (χ2n) is 7.00. The molecule has 126 valence electrons. The van der Waals surface area contributed by atoms with Crippen molar-refractivity contribution in [2.24, 2.45) is 0 Å². The Morgan fingerprint density at radius 3 is 2.79 bits per heavy atom. The molecule has 1 aromatic heterocycles. The predicted octanol–water partition coefficient (Wildman–Crippen LogP) is 2.53. The van der Waals surface area contributed by atoms with Crippen LogP contribution in [0.25, 0.3) is 0 Å². The lowest BCUT2D eigenvalue weighted by Gasteiger charge is -2.28. The number of carbonyl (C=O) groups excluding carboxylic acids is 1. The fraction of sp³-hybridized carbons (Fsp3) is 0.526. The minimum absolute atomic E-state index is 0.309. The van der Waals surface area contributed by atoms with E-state index < -0.39 is 0 Å². The van der Waals surface area contributed by atoms with E-state index in [4.69, 9.17) is 0 Å². The maximum absolute atomic E-state index is 12.8. The Morgan fingerprint density at radius 1 is 1.17 bits per heavy atom. The summed E-state index contributed by atoms with van der Waals surface area (Å²) in [6.07, 6.45) is 5.58. The summed E-state index contributed by atoms with van der Waals surface area (Å²) in [6.45, 7) is 2.86. The van der Waals surface area contributed by atoms with Gasteiger partial charge in [-0.1, -0.05) is 30.3 Å². The molecule has 2 bridgehead atoms.